The number of nitrogens with zero attached hydrogens (tertiary/aromatic N) is 1. The van der Waals surface area contributed by atoms with Crippen LogP contribution in [-0.2, 0) is 4.79 Å². The van der Waals surface area contributed by atoms with E-state index in [9.17, 15) is 4.79 Å². The van der Waals surface area contributed by atoms with Crippen LogP contribution in [0.3, 0.4) is 0 Å². The van der Waals surface area contributed by atoms with Gasteiger partial charge in [-0.25, -0.2) is 0 Å². The van der Waals surface area contributed by atoms with Crippen LogP contribution in [0.15, 0.2) is 18.2 Å². The molecule has 0 aromatic heterocycles. The summed E-state index contributed by atoms with van der Waals surface area (Å²) < 4.78 is 5.56. The number of hydrogen-bond acceptors (Lipinski definition) is 3. The first-order chi connectivity index (χ1) is 10.3. The van der Waals surface area contributed by atoms with Crippen LogP contribution < -0.4 is 10.5 Å². The van der Waals surface area contributed by atoms with Crippen molar-refractivity contribution >= 4 is 29.1 Å². The highest BCUT2D eigenvalue weighted by molar-refractivity contribution is 6.42. The molecule has 1 aliphatic heterocycles. The summed E-state index contributed by atoms with van der Waals surface area (Å²) in [4.78, 5) is 14.1. The van der Waals surface area contributed by atoms with Gasteiger partial charge in [-0.05, 0) is 24.0 Å². The van der Waals surface area contributed by atoms with Crippen molar-refractivity contribution in [3.63, 3.8) is 0 Å². The zero-order valence-electron chi connectivity index (χ0n) is 12.9. The van der Waals surface area contributed by atoms with Crippen LogP contribution in [0.25, 0.3) is 0 Å². The van der Waals surface area contributed by atoms with Crippen molar-refractivity contribution in [3.8, 4) is 5.75 Å². The fraction of sp³-hybridized carbons (Fsp3) is 0.562. The normalized spacial score (nSPS) is 20.8. The van der Waals surface area contributed by atoms with Crippen molar-refractivity contribution in [2.75, 3.05) is 19.7 Å². The predicted molar refractivity (Wildman–Crippen MR) is 89.5 cm³/mol. The number of carbonyl (C=O) groups is 1. The molecule has 1 aliphatic rings. The van der Waals surface area contributed by atoms with Gasteiger partial charge in [-0.15, -0.1) is 0 Å². The van der Waals surface area contributed by atoms with E-state index in [2.05, 4.69) is 13.8 Å². The summed E-state index contributed by atoms with van der Waals surface area (Å²) in [6, 6.07) is 5.21. The van der Waals surface area contributed by atoms with Gasteiger partial charge in [0.2, 0.25) is 5.91 Å². The standard InChI is InChI=1S/C16H22Cl2N2O2/c1-16(2)10-20(7-5-14(16)19)15(21)6-8-22-11-3-4-12(17)13(18)9-11/h3-4,9,14H,5-8,10,19H2,1-2H3. The number of piperidine rings is 1. The van der Waals surface area contributed by atoms with Gasteiger partial charge in [0.1, 0.15) is 5.75 Å². The summed E-state index contributed by atoms with van der Waals surface area (Å²) in [5.74, 6) is 0.711. The lowest BCUT2D eigenvalue weighted by atomic mass is 9.79. The highest BCUT2D eigenvalue weighted by Gasteiger charge is 2.35. The fourth-order valence-corrected chi connectivity index (χ4v) is 2.86. The van der Waals surface area contributed by atoms with E-state index in [1.165, 1.54) is 0 Å². The molecule has 1 aromatic rings. The molecular weight excluding hydrogens is 323 g/mol. The molecule has 1 saturated heterocycles. The summed E-state index contributed by atoms with van der Waals surface area (Å²) in [7, 11) is 0. The average molecular weight is 345 g/mol. The number of hydrogen-bond donors (Lipinski definition) is 1. The van der Waals surface area contributed by atoms with Crippen molar-refractivity contribution in [3.05, 3.63) is 28.2 Å². The third-order valence-corrected chi connectivity index (χ3v) is 4.88. The predicted octanol–water partition coefficient (Wildman–Crippen LogP) is 3.35. The van der Waals surface area contributed by atoms with Gasteiger partial charge in [-0.2, -0.15) is 0 Å². The van der Waals surface area contributed by atoms with Crippen molar-refractivity contribution in [2.45, 2.75) is 32.7 Å². The number of carbonyl (C=O) groups excluding carboxylic acids is 1. The lowest BCUT2D eigenvalue weighted by Gasteiger charge is -2.42. The van der Waals surface area contributed by atoms with Crippen molar-refractivity contribution < 1.29 is 9.53 Å². The third-order valence-electron chi connectivity index (χ3n) is 4.14. The number of nitrogens with two attached hydrogens (primary N) is 1. The second kappa shape index (κ2) is 7.07. The van der Waals surface area contributed by atoms with Crippen LogP contribution >= 0.6 is 23.2 Å². The monoisotopic (exact) mass is 344 g/mol. The number of amides is 1. The van der Waals surface area contributed by atoms with E-state index >= 15 is 0 Å². The van der Waals surface area contributed by atoms with E-state index in [4.69, 9.17) is 33.7 Å². The first-order valence-electron chi connectivity index (χ1n) is 7.41. The van der Waals surface area contributed by atoms with E-state index in [1.54, 1.807) is 18.2 Å². The Morgan fingerprint density at radius 3 is 2.77 bits per heavy atom. The SMILES string of the molecule is CC1(C)CN(C(=O)CCOc2ccc(Cl)c(Cl)c2)CCC1N. The molecule has 1 unspecified atom stereocenters. The molecule has 2 N–H and O–H groups in total. The molecule has 0 bridgehead atoms. The molecule has 0 aliphatic carbocycles. The average Bonchev–Trinajstić information content (AvgIpc) is 2.45. The van der Waals surface area contributed by atoms with Crippen LogP contribution in [0.1, 0.15) is 26.7 Å². The Kier molecular flexibility index (Phi) is 5.59. The maximum Gasteiger partial charge on any atom is 0.226 e. The number of likely N-dealkylation sites (tertiary alicyclic amines) is 1. The molecular formula is C16H22Cl2N2O2. The van der Waals surface area contributed by atoms with Gasteiger partial charge >= 0.3 is 0 Å². The van der Waals surface area contributed by atoms with E-state index in [0.717, 1.165) is 13.0 Å². The molecule has 1 atom stereocenters. The van der Waals surface area contributed by atoms with Gasteiger partial charge in [0.05, 0.1) is 23.1 Å². The molecule has 4 nitrogen and oxygen atoms in total. The Labute approximate surface area is 141 Å². The number of ether oxygens (including phenoxy) is 1. The molecule has 2 rings (SSSR count). The summed E-state index contributed by atoms with van der Waals surface area (Å²) in [5, 5.41) is 0.925. The molecule has 0 radical (unpaired) electrons. The highest BCUT2D eigenvalue weighted by Crippen LogP contribution is 2.28. The van der Waals surface area contributed by atoms with Gasteiger partial charge in [0.15, 0.2) is 0 Å². The molecule has 22 heavy (non-hydrogen) atoms. The molecule has 6 heteroatoms. The van der Waals surface area contributed by atoms with Gasteiger partial charge in [0.25, 0.3) is 0 Å². The molecule has 122 valence electrons. The minimum absolute atomic E-state index is 0.0432. The van der Waals surface area contributed by atoms with E-state index in [-0.39, 0.29) is 17.4 Å². The second-order valence-electron chi connectivity index (χ2n) is 6.37. The van der Waals surface area contributed by atoms with Gasteiger partial charge in [-0.1, -0.05) is 37.0 Å². The first-order valence-corrected chi connectivity index (χ1v) is 8.16. The zero-order valence-corrected chi connectivity index (χ0v) is 14.5. The van der Waals surface area contributed by atoms with Crippen molar-refractivity contribution in [2.24, 2.45) is 11.1 Å². The van der Waals surface area contributed by atoms with E-state index in [1.807, 2.05) is 4.90 Å². The Morgan fingerprint density at radius 2 is 2.14 bits per heavy atom. The minimum Gasteiger partial charge on any atom is -0.493 e. The fourth-order valence-electron chi connectivity index (χ4n) is 2.57. The molecule has 0 saturated carbocycles. The Bertz CT molecular complexity index is 549. The van der Waals surface area contributed by atoms with Gasteiger partial charge < -0.3 is 15.4 Å². The zero-order chi connectivity index (χ0) is 16.3. The molecule has 1 aromatic carbocycles. The van der Waals surface area contributed by atoms with E-state index in [0.29, 0.717) is 35.4 Å². The number of rotatable bonds is 4. The summed E-state index contributed by atoms with van der Waals surface area (Å²) in [6.45, 7) is 5.93. The lowest BCUT2D eigenvalue weighted by Crippen LogP contribution is -2.54. The first kappa shape index (κ1) is 17.4. The van der Waals surface area contributed by atoms with E-state index < -0.39 is 0 Å². The Balaban J connectivity index is 1.81. The molecule has 1 heterocycles. The maximum atomic E-state index is 12.3. The summed E-state index contributed by atoms with van der Waals surface area (Å²) in [5.41, 5.74) is 6.05. The number of benzene rings is 1. The third kappa shape index (κ3) is 4.28. The second-order valence-corrected chi connectivity index (χ2v) is 7.19. The van der Waals surface area contributed by atoms with Crippen LogP contribution in [0.5, 0.6) is 5.75 Å². The smallest absolute Gasteiger partial charge is 0.226 e. The Hall–Kier alpha value is -0.970. The van der Waals surface area contributed by atoms with Gasteiger partial charge in [0, 0.05) is 25.2 Å². The quantitative estimate of drug-likeness (QED) is 0.911. The van der Waals surface area contributed by atoms with Gasteiger partial charge in [-0.3, -0.25) is 4.79 Å². The van der Waals surface area contributed by atoms with Crippen LogP contribution in [0, 0.1) is 5.41 Å². The lowest BCUT2D eigenvalue weighted by molar-refractivity contribution is -0.135. The largest absolute Gasteiger partial charge is 0.493 e. The number of halogens is 2. The van der Waals surface area contributed by atoms with Crippen LogP contribution in [0.4, 0.5) is 0 Å². The summed E-state index contributed by atoms with van der Waals surface area (Å²) >= 11 is 11.8. The van der Waals surface area contributed by atoms with Crippen molar-refractivity contribution in [1.82, 2.24) is 4.90 Å². The topological polar surface area (TPSA) is 55.6 Å². The Morgan fingerprint density at radius 1 is 1.41 bits per heavy atom. The van der Waals surface area contributed by atoms with Crippen LogP contribution in [-0.4, -0.2) is 36.5 Å². The summed E-state index contributed by atoms with van der Waals surface area (Å²) in [6.07, 6.45) is 1.18. The minimum atomic E-state index is -0.0432. The highest BCUT2D eigenvalue weighted by atomic mass is 35.5. The maximum absolute atomic E-state index is 12.3. The van der Waals surface area contributed by atoms with Crippen LogP contribution in [0.2, 0.25) is 10.0 Å². The molecule has 0 spiro atoms. The van der Waals surface area contributed by atoms with Crippen molar-refractivity contribution in [1.29, 1.82) is 0 Å². The molecule has 1 fully saturated rings. The molecule has 1 amide bonds.